The second-order valence-electron chi connectivity index (χ2n) is 9.82. The molecule has 48 heavy (non-hydrogen) atoms. The molecule has 1 amide bonds. The van der Waals surface area contributed by atoms with Crippen LogP contribution < -0.4 is 30.3 Å². The molecule has 3 aromatic carbocycles. The molecule has 1 heterocycles. The van der Waals surface area contributed by atoms with Crippen LogP contribution in [0.4, 0.5) is 11.4 Å². The number of allylic oxidation sites excluding steroid dienone is 1. The van der Waals surface area contributed by atoms with Crippen LogP contribution in [0.3, 0.4) is 0 Å². The Bertz CT molecular complexity index is 1810. The van der Waals surface area contributed by atoms with Gasteiger partial charge in [0, 0.05) is 17.3 Å². The lowest BCUT2D eigenvalue weighted by Crippen LogP contribution is -2.45. The lowest BCUT2D eigenvalue weighted by molar-refractivity contribution is -0.394. The predicted molar refractivity (Wildman–Crippen MR) is 176 cm³/mol. The first-order valence-corrected chi connectivity index (χ1v) is 14.8. The lowest BCUT2D eigenvalue weighted by atomic mass is 9.95. The van der Waals surface area contributed by atoms with Crippen LogP contribution in [-0.2, 0) is 14.3 Å². The number of nitro groups is 2. The number of para-hydroxylation sites is 1. The molecule has 0 fully saturated rings. The number of rotatable bonds is 14. The van der Waals surface area contributed by atoms with Crippen molar-refractivity contribution in [2.45, 2.75) is 26.8 Å². The van der Waals surface area contributed by atoms with E-state index in [-0.39, 0.29) is 30.5 Å². The van der Waals surface area contributed by atoms with Gasteiger partial charge in [-0.1, -0.05) is 18.2 Å². The minimum Gasteiger partial charge on any atom is -0.490 e. The predicted octanol–water partition coefficient (Wildman–Crippen LogP) is 4.58. The number of hydrogen-bond donors (Lipinski definition) is 3. The summed E-state index contributed by atoms with van der Waals surface area (Å²) in [5.41, 5.74) is 3.22. The summed E-state index contributed by atoms with van der Waals surface area (Å²) in [4.78, 5) is 46.4. The molecular formula is C31H30N6O10S. The molecule has 0 radical (unpaired) electrons. The average molecular weight is 679 g/mol. The molecule has 3 aromatic rings. The van der Waals surface area contributed by atoms with E-state index in [4.69, 9.17) is 31.2 Å². The van der Waals surface area contributed by atoms with E-state index < -0.39 is 45.7 Å². The first kappa shape index (κ1) is 34.8. The Morgan fingerprint density at radius 2 is 1.71 bits per heavy atom. The standard InChI is InChI=1S/C31H30N6O10S/c1-4-44-26-14-19(10-12-25(26)47-24-13-11-20(36(40)41)15-22(24)37(42)43)16-32-35-27(38)17-46-23-9-7-6-8-21(23)29-28(30(39)45-5-2)18(3)33-31(48)34-29/h6-16,29H,4-5,17H2,1-3H3,(H,35,38)(H2,33,34,48)/t29-/m0/s1. The van der Waals surface area contributed by atoms with Gasteiger partial charge < -0.3 is 29.6 Å². The minimum absolute atomic E-state index is 0.113. The van der Waals surface area contributed by atoms with Gasteiger partial charge in [-0.05, 0) is 68.9 Å². The van der Waals surface area contributed by atoms with Crippen molar-refractivity contribution in [3.63, 3.8) is 0 Å². The van der Waals surface area contributed by atoms with Crippen LogP contribution in [0.1, 0.15) is 37.9 Å². The van der Waals surface area contributed by atoms with Crippen LogP contribution in [0, 0.1) is 20.2 Å². The second-order valence-corrected chi connectivity index (χ2v) is 10.2. The summed E-state index contributed by atoms with van der Waals surface area (Å²) in [7, 11) is 0. The van der Waals surface area contributed by atoms with Gasteiger partial charge in [0.05, 0.1) is 47.0 Å². The number of nitrogens with zero attached hydrogens (tertiary/aromatic N) is 3. The molecule has 4 rings (SSSR count). The molecule has 0 saturated heterocycles. The molecule has 3 N–H and O–H groups in total. The maximum Gasteiger partial charge on any atom is 0.338 e. The van der Waals surface area contributed by atoms with Crippen molar-refractivity contribution in [1.29, 1.82) is 0 Å². The van der Waals surface area contributed by atoms with Gasteiger partial charge >= 0.3 is 11.7 Å². The van der Waals surface area contributed by atoms with Crippen molar-refractivity contribution >= 4 is 46.8 Å². The zero-order valence-corrected chi connectivity index (χ0v) is 26.7. The van der Waals surface area contributed by atoms with Crippen molar-refractivity contribution in [1.82, 2.24) is 16.1 Å². The summed E-state index contributed by atoms with van der Waals surface area (Å²) in [6.07, 6.45) is 1.34. The summed E-state index contributed by atoms with van der Waals surface area (Å²) in [5, 5.41) is 32.8. The number of amides is 1. The monoisotopic (exact) mass is 678 g/mol. The molecule has 1 atom stereocenters. The molecule has 0 bridgehead atoms. The number of carbonyl (C=O) groups excluding carboxylic acids is 2. The summed E-state index contributed by atoms with van der Waals surface area (Å²) >= 11 is 5.30. The number of esters is 1. The largest absolute Gasteiger partial charge is 0.490 e. The second kappa shape index (κ2) is 15.9. The van der Waals surface area contributed by atoms with Crippen LogP contribution >= 0.6 is 12.2 Å². The number of hydrazone groups is 1. The smallest absolute Gasteiger partial charge is 0.338 e. The lowest BCUT2D eigenvalue weighted by Gasteiger charge is -2.30. The highest BCUT2D eigenvalue weighted by Gasteiger charge is 2.32. The van der Waals surface area contributed by atoms with Gasteiger partial charge in [-0.15, -0.1) is 0 Å². The third kappa shape index (κ3) is 8.58. The fourth-order valence-electron chi connectivity index (χ4n) is 4.54. The van der Waals surface area contributed by atoms with E-state index >= 15 is 0 Å². The molecule has 0 aliphatic carbocycles. The molecule has 17 heteroatoms. The van der Waals surface area contributed by atoms with E-state index in [1.165, 1.54) is 18.3 Å². The summed E-state index contributed by atoms with van der Waals surface area (Å²) in [5.74, 6) is -0.672. The van der Waals surface area contributed by atoms with Gasteiger partial charge in [-0.25, -0.2) is 10.2 Å². The van der Waals surface area contributed by atoms with E-state index in [1.807, 2.05) is 0 Å². The van der Waals surface area contributed by atoms with Crippen molar-refractivity contribution in [2.75, 3.05) is 19.8 Å². The molecule has 250 valence electrons. The zero-order valence-electron chi connectivity index (χ0n) is 25.9. The normalized spacial score (nSPS) is 14.1. The molecule has 0 spiro atoms. The Morgan fingerprint density at radius 3 is 2.42 bits per heavy atom. The number of thiocarbonyl (C=S) groups is 1. The van der Waals surface area contributed by atoms with Crippen molar-refractivity contribution in [2.24, 2.45) is 5.10 Å². The average Bonchev–Trinajstić information content (AvgIpc) is 3.04. The maximum atomic E-state index is 12.8. The number of benzene rings is 3. The van der Waals surface area contributed by atoms with E-state index in [0.29, 0.717) is 33.3 Å². The molecule has 0 unspecified atom stereocenters. The van der Waals surface area contributed by atoms with Gasteiger partial charge in [-0.2, -0.15) is 5.10 Å². The Labute approximate surface area is 279 Å². The highest BCUT2D eigenvalue weighted by atomic mass is 32.1. The van der Waals surface area contributed by atoms with E-state index in [1.54, 1.807) is 51.1 Å². The molecule has 0 saturated carbocycles. The first-order valence-electron chi connectivity index (χ1n) is 14.4. The number of nitrogens with one attached hydrogen (secondary N) is 3. The Kier molecular flexibility index (Phi) is 11.6. The van der Waals surface area contributed by atoms with Gasteiger partial charge in [0.1, 0.15) is 5.75 Å². The highest BCUT2D eigenvalue weighted by molar-refractivity contribution is 7.80. The SMILES string of the molecule is CCOC(=O)C1=C(C)NC(=S)N[C@H]1c1ccccc1OCC(=O)NN=Cc1ccc(Oc2ccc([N+](=O)[O-])cc2[N+](=O)[O-])c(OCC)c1. The van der Waals surface area contributed by atoms with Gasteiger partial charge in [0.2, 0.25) is 5.75 Å². The van der Waals surface area contributed by atoms with Crippen LogP contribution in [0.25, 0.3) is 0 Å². The fourth-order valence-corrected chi connectivity index (χ4v) is 4.81. The quantitative estimate of drug-likeness (QED) is 0.0703. The third-order valence-electron chi connectivity index (χ3n) is 6.59. The van der Waals surface area contributed by atoms with E-state index in [2.05, 4.69) is 21.2 Å². The zero-order chi connectivity index (χ0) is 34.8. The van der Waals surface area contributed by atoms with Gasteiger partial charge in [0.15, 0.2) is 23.2 Å². The first-order chi connectivity index (χ1) is 23.0. The summed E-state index contributed by atoms with van der Waals surface area (Å²) in [6.45, 7) is 5.14. The topological polar surface area (TPSA) is 206 Å². The van der Waals surface area contributed by atoms with Crippen LogP contribution in [-0.4, -0.2) is 52.9 Å². The summed E-state index contributed by atoms with van der Waals surface area (Å²) in [6, 6.07) is 13.8. The number of ether oxygens (including phenoxy) is 4. The van der Waals surface area contributed by atoms with Crippen LogP contribution in [0.2, 0.25) is 0 Å². The molecule has 1 aliphatic heterocycles. The summed E-state index contributed by atoms with van der Waals surface area (Å²) < 4.78 is 22.3. The Balaban J connectivity index is 1.44. The Hall–Kier alpha value is -6.10. The minimum atomic E-state index is -0.785. The number of non-ortho nitro benzene ring substituents is 1. The van der Waals surface area contributed by atoms with Gasteiger partial charge in [0.25, 0.3) is 11.6 Å². The van der Waals surface area contributed by atoms with E-state index in [0.717, 1.165) is 18.2 Å². The Morgan fingerprint density at radius 1 is 0.958 bits per heavy atom. The number of nitro benzene ring substituents is 2. The molecular weight excluding hydrogens is 648 g/mol. The third-order valence-corrected chi connectivity index (χ3v) is 6.81. The van der Waals surface area contributed by atoms with Crippen molar-refractivity contribution < 1.29 is 38.4 Å². The van der Waals surface area contributed by atoms with Crippen LogP contribution in [0.15, 0.2) is 77.0 Å². The highest BCUT2D eigenvalue weighted by Crippen LogP contribution is 2.38. The van der Waals surface area contributed by atoms with Crippen LogP contribution in [0.5, 0.6) is 23.0 Å². The van der Waals surface area contributed by atoms with Crippen molar-refractivity contribution in [3.8, 4) is 23.0 Å². The molecule has 1 aliphatic rings. The fraction of sp³-hybridized carbons (Fsp3) is 0.226. The molecule has 0 aromatic heterocycles. The maximum absolute atomic E-state index is 12.8. The molecule has 16 nitrogen and oxygen atoms in total. The van der Waals surface area contributed by atoms with Crippen molar-refractivity contribution in [3.05, 3.63) is 103 Å². The van der Waals surface area contributed by atoms with Gasteiger partial charge in [-0.3, -0.25) is 25.0 Å². The number of carbonyl (C=O) groups is 2. The number of hydrogen-bond acceptors (Lipinski definition) is 12. The van der Waals surface area contributed by atoms with E-state index in [9.17, 15) is 29.8 Å².